The van der Waals surface area contributed by atoms with Gasteiger partial charge < -0.3 is 0 Å². The van der Waals surface area contributed by atoms with Crippen LogP contribution in [0.25, 0.3) is 0 Å². The first-order chi connectivity index (χ1) is 11.0. The fourth-order valence-corrected chi connectivity index (χ4v) is 2.74. The van der Waals surface area contributed by atoms with E-state index in [9.17, 15) is 14.0 Å². The van der Waals surface area contributed by atoms with Gasteiger partial charge in [0.1, 0.15) is 5.82 Å². The second kappa shape index (κ2) is 7.78. The van der Waals surface area contributed by atoms with E-state index in [0.717, 1.165) is 22.9 Å². The summed E-state index contributed by atoms with van der Waals surface area (Å²) >= 11 is 1.07. The largest absolute Gasteiger partial charge is 0.272 e. The van der Waals surface area contributed by atoms with Crippen LogP contribution < -0.4 is 10.9 Å². The monoisotopic (exact) mass is 332 g/mol. The summed E-state index contributed by atoms with van der Waals surface area (Å²) in [6.45, 7) is 3.77. The van der Waals surface area contributed by atoms with Crippen molar-refractivity contribution in [3.05, 3.63) is 65.0 Å². The highest BCUT2D eigenvalue weighted by Crippen LogP contribution is 2.20. The number of carbonyl (C=O) groups excluding carboxylic acids is 2. The Bertz CT molecular complexity index is 734. The molecular formula is C17H17FN2O2S. The molecule has 0 saturated carbocycles. The van der Waals surface area contributed by atoms with E-state index in [0.29, 0.717) is 10.5 Å². The second-order valence-corrected chi connectivity index (χ2v) is 6.06. The number of hydrazine groups is 1. The smallest absolute Gasteiger partial charge is 0.269 e. The summed E-state index contributed by atoms with van der Waals surface area (Å²) in [5.41, 5.74) is 7.08. The van der Waals surface area contributed by atoms with Crippen molar-refractivity contribution in [2.75, 3.05) is 5.75 Å². The van der Waals surface area contributed by atoms with Crippen LogP contribution in [0.3, 0.4) is 0 Å². The second-order valence-electron chi connectivity index (χ2n) is 5.04. The van der Waals surface area contributed by atoms with E-state index in [-0.39, 0.29) is 17.5 Å². The van der Waals surface area contributed by atoms with E-state index < -0.39 is 5.91 Å². The van der Waals surface area contributed by atoms with Crippen molar-refractivity contribution in [1.82, 2.24) is 10.9 Å². The molecule has 0 heterocycles. The SMILES string of the molecule is Cc1ccc(C(=O)NNC(=O)CSc2ccccc2F)c(C)c1. The van der Waals surface area contributed by atoms with Crippen molar-refractivity contribution in [3.8, 4) is 0 Å². The number of hydrogen-bond donors (Lipinski definition) is 2. The molecule has 2 aromatic carbocycles. The molecule has 0 aliphatic heterocycles. The Kier molecular flexibility index (Phi) is 5.76. The Balaban J connectivity index is 1.84. The van der Waals surface area contributed by atoms with Crippen LogP contribution >= 0.6 is 11.8 Å². The molecular weight excluding hydrogens is 315 g/mol. The highest BCUT2D eigenvalue weighted by atomic mass is 32.2. The van der Waals surface area contributed by atoms with Gasteiger partial charge in [-0.15, -0.1) is 11.8 Å². The zero-order valence-electron chi connectivity index (χ0n) is 12.9. The lowest BCUT2D eigenvalue weighted by molar-refractivity contribution is -0.119. The molecule has 120 valence electrons. The van der Waals surface area contributed by atoms with Crippen molar-refractivity contribution in [2.24, 2.45) is 0 Å². The topological polar surface area (TPSA) is 58.2 Å². The van der Waals surface area contributed by atoms with Gasteiger partial charge in [0.05, 0.1) is 5.75 Å². The molecule has 0 bridgehead atoms. The Labute approximate surface area is 138 Å². The van der Waals surface area contributed by atoms with Crippen LogP contribution in [0.2, 0.25) is 0 Å². The molecule has 0 spiro atoms. The molecule has 2 aromatic rings. The van der Waals surface area contributed by atoms with Gasteiger partial charge in [-0.1, -0.05) is 29.8 Å². The van der Waals surface area contributed by atoms with Crippen LogP contribution in [0.1, 0.15) is 21.5 Å². The number of benzene rings is 2. The maximum absolute atomic E-state index is 13.4. The number of rotatable bonds is 4. The molecule has 0 aliphatic rings. The van der Waals surface area contributed by atoms with E-state index in [2.05, 4.69) is 10.9 Å². The molecule has 23 heavy (non-hydrogen) atoms. The Morgan fingerprint density at radius 2 is 1.83 bits per heavy atom. The summed E-state index contributed by atoms with van der Waals surface area (Å²) in [6, 6.07) is 11.7. The van der Waals surface area contributed by atoms with Crippen molar-refractivity contribution in [1.29, 1.82) is 0 Å². The fraction of sp³-hybridized carbons (Fsp3) is 0.176. The first kappa shape index (κ1) is 17.0. The normalized spacial score (nSPS) is 10.2. The summed E-state index contributed by atoms with van der Waals surface area (Å²) in [4.78, 5) is 24.1. The van der Waals surface area contributed by atoms with E-state index in [4.69, 9.17) is 0 Å². The van der Waals surface area contributed by atoms with E-state index in [1.165, 1.54) is 6.07 Å². The van der Waals surface area contributed by atoms with Crippen molar-refractivity contribution >= 4 is 23.6 Å². The first-order valence-corrected chi connectivity index (χ1v) is 7.99. The van der Waals surface area contributed by atoms with Gasteiger partial charge in [0.25, 0.3) is 5.91 Å². The summed E-state index contributed by atoms with van der Waals surface area (Å²) in [5, 5.41) is 0. The van der Waals surface area contributed by atoms with E-state index in [1.54, 1.807) is 24.3 Å². The molecule has 2 amide bonds. The lowest BCUT2D eigenvalue weighted by Gasteiger charge is -2.09. The van der Waals surface area contributed by atoms with Gasteiger partial charge in [-0.05, 0) is 37.6 Å². The number of halogens is 1. The van der Waals surface area contributed by atoms with Gasteiger partial charge in [-0.25, -0.2) is 4.39 Å². The maximum atomic E-state index is 13.4. The number of aryl methyl sites for hydroxylation is 2. The summed E-state index contributed by atoms with van der Waals surface area (Å²) in [5.74, 6) is -1.15. The number of hydrogen-bond acceptors (Lipinski definition) is 3. The molecule has 0 unspecified atom stereocenters. The van der Waals surface area contributed by atoms with Gasteiger partial charge in [0.15, 0.2) is 0 Å². The fourth-order valence-electron chi connectivity index (χ4n) is 2.00. The lowest BCUT2D eigenvalue weighted by atomic mass is 10.1. The molecule has 0 saturated heterocycles. The zero-order valence-corrected chi connectivity index (χ0v) is 13.7. The average Bonchev–Trinajstić information content (AvgIpc) is 2.52. The van der Waals surface area contributed by atoms with Gasteiger partial charge in [0, 0.05) is 10.5 Å². The number of carbonyl (C=O) groups is 2. The van der Waals surface area contributed by atoms with Gasteiger partial charge in [-0.3, -0.25) is 20.4 Å². The molecule has 4 nitrogen and oxygen atoms in total. The molecule has 2 rings (SSSR count). The van der Waals surface area contributed by atoms with E-state index in [1.807, 2.05) is 26.0 Å². The molecule has 0 radical (unpaired) electrons. The van der Waals surface area contributed by atoms with Crippen molar-refractivity contribution in [3.63, 3.8) is 0 Å². The molecule has 0 aliphatic carbocycles. The third-order valence-electron chi connectivity index (χ3n) is 3.14. The predicted octanol–water partition coefficient (Wildman–Crippen LogP) is 3.00. The summed E-state index contributed by atoms with van der Waals surface area (Å²) in [7, 11) is 0. The number of nitrogens with one attached hydrogen (secondary N) is 2. The number of amides is 2. The van der Waals surface area contributed by atoms with Crippen LogP contribution in [0.5, 0.6) is 0 Å². The lowest BCUT2D eigenvalue weighted by Crippen LogP contribution is -2.42. The zero-order chi connectivity index (χ0) is 16.8. The number of thioether (sulfide) groups is 1. The van der Waals surface area contributed by atoms with Crippen LogP contribution in [0, 0.1) is 19.7 Å². The highest BCUT2D eigenvalue weighted by molar-refractivity contribution is 8.00. The van der Waals surface area contributed by atoms with Crippen LogP contribution in [0.4, 0.5) is 4.39 Å². The summed E-state index contributed by atoms with van der Waals surface area (Å²) in [6.07, 6.45) is 0. The van der Waals surface area contributed by atoms with Crippen LogP contribution in [-0.2, 0) is 4.79 Å². The average molecular weight is 332 g/mol. The maximum Gasteiger partial charge on any atom is 0.269 e. The third kappa shape index (κ3) is 4.82. The molecule has 6 heteroatoms. The van der Waals surface area contributed by atoms with Crippen molar-refractivity contribution in [2.45, 2.75) is 18.7 Å². The minimum absolute atomic E-state index is 0.00803. The Morgan fingerprint density at radius 3 is 2.52 bits per heavy atom. The molecule has 0 fully saturated rings. The minimum Gasteiger partial charge on any atom is -0.272 e. The van der Waals surface area contributed by atoms with Crippen LogP contribution in [-0.4, -0.2) is 17.6 Å². The minimum atomic E-state index is -0.406. The standard InChI is InChI=1S/C17H17FN2O2S/c1-11-7-8-13(12(2)9-11)17(22)20-19-16(21)10-23-15-6-4-3-5-14(15)18/h3-9H,10H2,1-2H3,(H,19,21)(H,20,22). The predicted molar refractivity (Wildman–Crippen MR) is 88.6 cm³/mol. The quantitative estimate of drug-likeness (QED) is 0.668. The molecule has 0 aromatic heterocycles. The van der Waals surface area contributed by atoms with Crippen LogP contribution in [0.15, 0.2) is 47.4 Å². The van der Waals surface area contributed by atoms with Gasteiger partial charge in [-0.2, -0.15) is 0 Å². The first-order valence-electron chi connectivity index (χ1n) is 7.01. The molecule has 2 N–H and O–H groups in total. The molecule has 0 atom stereocenters. The van der Waals surface area contributed by atoms with Gasteiger partial charge >= 0.3 is 0 Å². The third-order valence-corrected chi connectivity index (χ3v) is 4.19. The Morgan fingerprint density at radius 1 is 1.09 bits per heavy atom. The van der Waals surface area contributed by atoms with E-state index >= 15 is 0 Å². The van der Waals surface area contributed by atoms with Gasteiger partial charge in [0.2, 0.25) is 5.91 Å². The van der Waals surface area contributed by atoms with Crippen molar-refractivity contribution < 1.29 is 14.0 Å². The highest BCUT2D eigenvalue weighted by Gasteiger charge is 2.11. The Hall–Kier alpha value is -2.34. The summed E-state index contributed by atoms with van der Waals surface area (Å²) < 4.78 is 13.4.